The van der Waals surface area contributed by atoms with Crippen LogP contribution in [-0.2, 0) is 6.61 Å². The Hall–Kier alpha value is -4.11. The van der Waals surface area contributed by atoms with Gasteiger partial charge >= 0.3 is 0 Å². The monoisotopic (exact) mass is 428 g/mol. The number of aryl methyl sites for hydroxylation is 1. The number of ether oxygens (including phenoxy) is 3. The van der Waals surface area contributed by atoms with Gasteiger partial charge in [-0.25, -0.2) is 0 Å². The molecule has 4 rings (SSSR count). The number of nitrogens with zero attached hydrogens (tertiary/aromatic N) is 1. The standard InChI is InChI=1S/C26H24N2O4/c1-3-30-24-12-18(8-11-22(24)31-15-17-6-4-16(2)5-7-17)25-20-10-9-19(29)13-23(20)32-26(28)21(25)14-27/h4-13,25,29H,3,15,28H2,1-2H3/t25-/m0/s1. The molecule has 0 saturated heterocycles. The van der Waals surface area contributed by atoms with Crippen LogP contribution in [0.25, 0.3) is 0 Å². The third-order valence-corrected chi connectivity index (χ3v) is 5.32. The van der Waals surface area contributed by atoms with Crippen molar-refractivity contribution in [3.63, 3.8) is 0 Å². The molecule has 1 atom stereocenters. The molecule has 3 aromatic carbocycles. The van der Waals surface area contributed by atoms with Crippen LogP contribution in [0.5, 0.6) is 23.0 Å². The molecule has 3 N–H and O–H groups in total. The van der Waals surface area contributed by atoms with Gasteiger partial charge in [0, 0.05) is 11.6 Å². The summed E-state index contributed by atoms with van der Waals surface area (Å²) in [5, 5.41) is 19.6. The van der Waals surface area contributed by atoms with Crippen LogP contribution in [0.15, 0.2) is 72.1 Å². The summed E-state index contributed by atoms with van der Waals surface area (Å²) >= 11 is 0. The first-order valence-corrected chi connectivity index (χ1v) is 10.4. The second kappa shape index (κ2) is 8.94. The van der Waals surface area contributed by atoms with E-state index < -0.39 is 5.92 Å². The summed E-state index contributed by atoms with van der Waals surface area (Å²) in [6, 6.07) is 20.7. The predicted octanol–water partition coefficient (Wildman–Crippen LogP) is 4.90. The van der Waals surface area contributed by atoms with Gasteiger partial charge in [-0.05, 0) is 43.2 Å². The topological polar surface area (TPSA) is 97.7 Å². The first-order valence-electron chi connectivity index (χ1n) is 10.4. The zero-order valence-electron chi connectivity index (χ0n) is 18.0. The lowest BCUT2D eigenvalue weighted by Crippen LogP contribution is -2.21. The maximum absolute atomic E-state index is 9.83. The van der Waals surface area contributed by atoms with Gasteiger partial charge < -0.3 is 25.1 Å². The minimum Gasteiger partial charge on any atom is -0.508 e. The van der Waals surface area contributed by atoms with Gasteiger partial charge in [0.25, 0.3) is 0 Å². The van der Waals surface area contributed by atoms with Crippen molar-refractivity contribution in [1.82, 2.24) is 0 Å². The van der Waals surface area contributed by atoms with Crippen LogP contribution in [0.4, 0.5) is 0 Å². The first kappa shape index (κ1) is 21.1. The van der Waals surface area contributed by atoms with E-state index in [1.165, 1.54) is 11.6 Å². The zero-order valence-corrected chi connectivity index (χ0v) is 18.0. The molecule has 0 amide bonds. The maximum Gasteiger partial charge on any atom is 0.205 e. The minimum absolute atomic E-state index is 0.0215. The average molecular weight is 428 g/mol. The number of allylic oxidation sites excluding steroid dienone is 1. The van der Waals surface area contributed by atoms with Gasteiger partial charge in [-0.1, -0.05) is 42.0 Å². The molecule has 0 saturated carbocycles. The van der Waals surface area contributed by atoms with E-state index in [2.05, 4.69) is 6.07 Å². The molecular weight excluding hydrogens is 404 g/mol. The number of aromatic hydroxyl groups is 1. The Kier molecular flexibility index (Phi) is 5.91. The third-order valence-electron chi connectivity index (χ3n) is 5.32. The highest BCUT2D eigenvalue weighted by molar-refractivity contribution is 5.58. The number of hydrogen-bond donors (Lipinski definition) is 2. The van der Waals surface area contributed by atoms with Gasteiger partial charge in [-0.2, -0.15) is 5.26 Å². The van der Waals surface area contributed by atoms with Crippen molar-refractivity contribution in [2.45, 2.75) is 26.4 Å². The first-order chi connectivity index (χ1) is 15.5. The van der Waals surface area contributed by atoms with E-state index in [4.69, 9.17) is 19.9 Å². The molecule has 0 radical (unpaired) electrons. The van der Waals surface area contributed by atoms with Gasteiger partial charge in [0.05, 0.1) is 12.5 Å². The molecule has 0 aromatic heterocycles. The summed E-state index contributed by atoms with van der Waals surface area (Å²) in [4.78, 5) is 0. The Morgan fingerprint density at radius 3 is 2.53 bits per heavy atom. The fourth-order valence-electron chi connectivity index (χ4n) is 3.72. The van der Waals surface area contributed by atoms with Gasteiger partial charge in [0.2, 0.25) is 5.88 Å². The average Bonchev–Trinajstić information content (AvgIpc) is 2.78. The summed E-state index contributed by atoms with van der Waals surface area (Å²) < 4.78 is 17.5. The fraction of sp³-hybridized carbons (Fsp3) is 0.192. The highest BCUT2D eigenvalue weighted by Gasteiger charge is 2.31. The number of benzene rings is 3. The Balaban J connectivity index is 1.70. The summed E-state index contributed by atoms with van der Waals surface area (Å²) in [7, 11) is 0. The molecule has 0 aliphatic carbocycles. The summed E-state index contributed by atoms with van der Waals surface area (Å²) in [5.41, 5.74) is 10.1. The molecule has 6 nitrogen and oxygen atoms in total. The van der Waals surface area contributed by atoms with E-state index in [0.717, 1.165) is 16.7 Å². The molecule has 1 aliphatic rings. The summed E-state index contributed by atoms with van der Waals surface area (Å²) in [6.45, 7) is 4.83. The van der Waals surface area contributed by atoms with Gasteiger partial charge in [-0.15, -0.1) is 0 Å². The molecule has 1 heterocycles. The van der Waals surface area contributed by atoms with Crippen molar-refractivity contribution in [1.29, 1.82) is 5.26 Å². The molecule has 0 unspecified atom stereocenters. The maximum atomic E-state index is 9.83. The minimum atomic E-state index is -0.449. The number of nitriles is 1. The second-order valence-corrected chi connectivity index (χ2v) is 7.56. The number of phenols is 1. The number of rotatable bonds is 6. The molecule has 32 heavy (non-hydrogen) atoms. The number of phenolic OH excluding ortho intramolecular Hbond substituents is 1. The molecule has 0 fully saturated rings. The van der Waals surface area contributed by atoms with Crippen molar-refractivity contribution in [2.24, 2.45) is 5.73 Å². The van der Waals surface area contributed by atoms with Crippen LogP contribution >= 0.6 is 0 Å². The van der Waals surface area contributed by atoms with E-state index in [-0.39, 0.29) is 11.6 Å². The highest BCUT2D eigenvalue weighted by atomic mass is 16.5. The molecule has 0 spiro atoms. The Bertz CT molecular complexity index is 1210. The van der Waals surface area contributed by atoms with Gasteiger partial charge in [-0.3, -0.25) is 0 Å². The lowest BCUT2D eigenvalue weighted by atomic mass is 9.83. The van der Waals surface area contributed by atoms with Crippen LogP contribution in [-0.4, -0.2) is 11.7 Å². The van der Waals surface area contributed by atoms with Gasteiger partial charge in [0.15, 0.2) is 11.5 Å². The van der Waals surface area contributed by atoms with Gasteiger partial charge in [0.1, 0.15) is 29.7 Å². The van der Waals surface area contributed by atoms with E-state index in [0.29, 0.717) is 36.0 Å². The molecule has 6 heteroatoms. The predicted molar refractivity (Wildman–Crippen MR) is 121 cm³/mol. The number of nitrogens with two attached hydrogens (primary N) is 1. The Labute approximate surface area is 187 Å². The van der Waals surface area contributed by atoms with Crippen molar-refractivity contribution >= 4 is 0 Å². The number of fused-ring (bicyclic) bond motifs is 1. The van der Waals surface area contributed by atoms with Crippen molar-refractivity contribution in [3.05, 3.63) is 94.4 Å². The quantitative estimate of drug-likeness (QED) is 0.580. The van der Waals surface area contributed by atoms with Crippen LogP contribution in [0.1, 0.15) is 35.1 Å². The number of hydrogen-bond acceptors (Lipinski definition) is 6. The smallest absolute Gasteiger partial charge is 0.205 e. The molecule has 3 aromatic rings. The van der Waals surface area contributed by atoms with Crippen LogP contribution in [0.2, 0.25) is 0 Å². The summed E-state index contributed by atoms with van der Waals surface area (Å²) in [5.74, 6) is 1.25. The van der Waals surface area contributed by atoms with Crippen LogP contribution < -0.4 is 19.9 Å². The molecule has 0 bridgehead atoms. The Morgan fingerprint density at radius 1 is 1.03 bits per heavy atom. The SMILES string of the molecule is CCOc1cc([C@@H]2C(C#N)=C(N)Oc3cc(O)ccc32)ccc1OCc1ccc(C)cc1. The highest BCUT2D eigenvalue weighted by Crippen LogP contribution is 2.45. The van der Waals surface area contributed by atoms with Crippen LogP contribution in [0, 0.1) is 18.3 Å². The van der Waals surface area contributed by atoms with Crippen LogP contribution in [0.3, 0.4) is 0 Å². The lowest BCUT2D eigenvalue weighted by Gasteiger charge is -2.27. The van der Waals surface area contributed by atoms with E-state index in [1.54, 1.807) is 12.1 Å². The normalized spacial score (nSPS) is 14.8. The fourth-order valence-corrected chi connectivity index (χ4v) is 3.72. The third kappa shape index (κ3) is 4.19. The Morgan fingerprint density at radius 2 is 1.81 bits per heavy atom. The molecule has 162 valence electrons. The molecular formula is C26H24N2O4. The lowest BCUT2D eigenvalue weighted by molar-refractivity contribution is 0.269. The van der Waals surface area contributed by atoms with Crippen molar-refractivity contribution < 1.29 is 19.3 Å². The molecule has 1 aliphatic heterocycles. The summed E-state index contributed by atoms with van der Waals surface area (Å²) in [6.07, 6.45) is 0. The zero-order chi connectivity index (χ0) is 22.7. The second-order valence-electron chi connectivity index (χ2n) is 7.56. The van der Waals surface area contributed by atoms with Crippen molar-refractivity contribution in [2.75, 3.05) is 6.61 Å². The largest absolute Gasteiger partial charge is 0.508 e. The van der Waals surface area contributed by atoms with E-state index in [9.17, 15) is 10.4 Å². The van der Waals surface area contributed by atoms with Crippen molar-refractivity contribution in [3.8, 4) is 29.1 Å². The van der Waals surface area contributed by atoms with E-state index in [1.807, 2.05) is 56.3 Å². The van der Waals surface area contributed by atoms with E-state index >= 15 is 0 Å².